The van der Waals surface area contributed by atoms with Crippen molar-refractivity contribution in [1.82, 2.24) is 24.2 Å². The zero-order valence-electron chi connectivity index (χ0n) is 14.7. The van der Waals surface area contributed by atoms with Gasteiger partial charge in [0.05, 0.1) is 23.3 Å². The number of hydrogen-bond acceptors (Lipinski definition) is 4. The van der Waals surface area contributed by atoms with Gasteiger partial charge in [-0.15, -0.1) is 0 Å². The van der Waals surface area contributed by atoms with E-state index in [1.807, 2.05) is 18.6 Å². The van der Waals surface area contributed by atoms with Crippen LogP contribution in [0, 0.1) is 5.92 Å². The molecule has 7 nitrogen and oxygen atoms in total. The normalized spacial score (nSPS) is 26.9. The maximum atomic E-state index is 12.3. The number of hydrogen-bond donors (Lipinski definition) is 2. The molecule has 3 atom stereocenters. The Morgan fingerprint density at radius 1 is 1.31 bits per heavy atom. The Hall–Kier alpha value is -1.93. The van der Waals surface area contributed by atoms with Crippen molar-refractivity contribution in [2.24, 2.45) is 5.92 Å². The SMILES string of the molecule is CC[C@@H]1CC(NS(=O)(=O)C2CC2)C[C@@H]1n1cnc2cnc3[nH]ccc3c21. The minimum atomic E-state index is -3.15. The van der Waals surface area contributed by atoms with Crippen molar-refractivity contribution in [3.8, 4) is 0 Å². The number of imidazole rings is 1. The molecule has 0 radical (unpaired) electrons. The lowest BCUT2D eigenvalue weighted by Gasteiger charge is -2.20. The molecule has 2 aliphatic carbocycles. The third-order valence-electron chi connectivity index (χ3n) is 5.95. The van der Waals surface area contributed by atoms with Gasteiger partial charge < -0.3 is 9.55 Å². The largest absolute Gasteiger partial charge is 0.346 e. The smallest absolute Gasteiger partial charge is 0.214 e. The monoisotopic (exact) mass is 373 g/mol. The molecular weight excluding hydrogens is 350 g/mol. The summed E-state index contributed by atoms with van der Waals surface area (Å²) in [5.74, 6) is 0.432. The molecule has 3 heterocycles. The topological polar surface area (TPSA) is 92.7 Å². The molecular formula is C18H23N5O2S. The van der Waals surface area contributed by atoms with E-state index in [0.717, 1.165) is 54.2 Å². The van der Waals surface area contributed by atoms with Crippen molar-refractivity contribution in [3.63, 3.8) is 0 Å². The summed E-state index contributed by atoms with van der Waals surface area (Å²) in [6.07, 6.45) is 9.90. The van der Waals surface area contributed by atoms with Gasteiger partial charge in [0.1, 0.15) is 11.2 Å². The van der Waals surface area contributed by atoms with Gasteiger partial charge in [0, 0.05) is 23.7 Å². The molecule has 3 aromatic heterocycles. The van der Waals surface area contributed by atoms with Gasteiger partial charge in [0.2, 0.25) is 10.0 Å². The minimum absolute atomic E-state index is 0.0107. The van der Waals surface area contributed by atoms with E-state index in [0.29, 0.717) is 5.92 Å². The van der Waals surface area contributed by atoms with Crippen LogP contribution in [0.4, 0.5) is 0 Å². The van der Waals surface area contributed by atoms with Gasteiger partial charge in [-0.05, 0) is 37.7 Å². The maximum Gasteiger partial charge on any atom is 0.214 e. The Bertz CT molecular complexity index is 1070. The molecule has 5 rings (SSSR count). The molecule has 26 heavy (non-hydrogen) atoms. The molecule has 0 aromatic carbocycles. The molecule has 0 aliphatic heterocycles. The van der Waals surface area contributed by atoms with E-state index in [4.69, 9.17) is 0 Å². The fourth-order valence-corrected chi connectivity index (χ4v) is 6.07. The van der Waals surface area contributed by atoms with Crippen LogP contribution >= 0.6 is 0 Å². The van der Waals surface area contributed by atoms with Gasteiger partial charge in [0.25, 0.3) is 0 Å². The van der Waals surface area contributed by atoms with Crippen LogP contribution in [0.1, 0.15) is 45.1 Å². The number of nitrogens with one attached hydrogen (secondary N) is 2. The summed E-state index contributed by atoms with van der Waals surface area (Å²) in [6, 6.07) is 2.29. The number of aromatic amines is 1. The summed E-state index contributed by atoms with van der Waals surface area (Å²) in [6.45, 7) is 2.18. The first-order valence-corrected chi connectivity index (χ1v) is 10.9. The zero-order valence-corrected chi connectivity index (χ0v) is 15.5. The van der Waals surface area contributed by atoms with Gasteiger partial charge in [-0.25, -0.2) is 23.1 Å². The lowest BCUT2D eigenvalue weighted by molar-refractivity contribution is 0.377. The predicted molar refractivity (Wildman–Crippen MR) is 100 cm³/mol. The van der Waals surface area contributed by atoms with E-state index in [1.54, 1.807) is 6.20 Å². The number of pyridine rings is 1. The van der Waals surface area contributed by atoms with Crippen LogP contribution in [0.3, 0.4) is 0 Å². The van der Waals surface area contributed by atoms with Crippen LogP contribution in [-0.4, -0.2) is 39.2 Å². The number of sulfonamides is 1. The Kier molecular flexibility index (Phi) is 3.62. The Labute approximate surface area is 152 Å². The van der Waals surface area contributed by atoms with Crippen LogP contribution < -0.4 is 4.72 Å². The minimum Gasteiger partial charge on any atom is -0.346 e. The number of rotatable bonds is 5. The molecule has 8 heteroatoms. The Balaban J connectivity index is 1.50. The lowest BCUT2D eigenvalue weighted by atomic mass is 10.0. The first kappa shape index (κ1) is 16.3. The van der Waals surface area contributed by atoms with E-state index in [9.17, 15) is 8.42 Å². The average Bonchev–Trinajstić information content (AvgIpc) is 3.06. The first-order valence-electron chi connectivity index (χ1n) is 9.36. The second-order valence-electron chi connectivity index (χ2n) is 7.65. The molecule has 2 fully saturated rings. The Morgan fingerprint density at radius 3 is 2.92 bits per heavy atom. The van der Waals surface area contributed by atoms with Crippen LogP contribution in [0.25, 0.3) is 22.1 Å². The predicted octanol–water partition coefficient (Wildman–Crippen LogP) is 2.72. The van der Waals surface area contributed by atoms with Crippen molar-refractivity contribution < 1.29 is 8.42 Å². The highest BCUT2D eigenvalue weighted by molar-refractivity contribution is 7.90. The zero-order chi connectivity index (χ0) is 17.9. The van der Waals surface area contributed by atoms with Crippen molar-refractivity contribution >= 4 is 32.1 Å². The molecule has 0 amide bonds. The first-order chi connectivity index (χ1) is 12.6. The standard InChI is InChI=1S/C18H23N5O2S/c1-2-11-7-12(22-26(24,25)13-3-4-13)8-16(11)23-10-21-15-9-20-18-14(17(15)23)5-6-19-18/h5-6,9-13,16,22H,2-4,7-8H2,1H3,(H,19,20)/t11-,12?,16+/m1/s1. The van der Waals surface area contributed by atoms with Crippen LogP contribution in [0.2, 0.25) is 0 Å². The second-order valence-corrected chi connectivity index (χ2v) is 9.64. The highest BCUT2D eigenvalue weighted by Gasteiger charge is 2.41. The summed E-state index contributed by atoms with van der Waals surface area (Å²) >= 11 is 0. The molecule has 2 saturated carbocycles. The molecule has 0 saturated heterocycles. The molecule has 0 bridgehead atoms. The molecule has 0 spiro atoms. The van der Waals surface area contributed by atoms with Gasteiger partial charge >= 0.3 is 0 Å². The highest BCUT2D eigenvalue weighted by Crippen LogP contribution is 2.41. The quantitative estimate of drug-likeness (QED) is 0.719. The van der Waals surface area contributed by atoms with E-state index in [-0.39, 0.29) is 17.3 Å². The molecule has 2 N–H and O–H groups in total. The fraction of sp³-hybridized carbons (Fsp3) is 0.556. The lowest BCUT2D eigenvalue weighted by Crippen LogP contribution is -2.35. The van der Waals surface area contributed by atoms with Crippen LogP contribution in [0.5, 0.6) is 0 Å². The van der Waals surface area contributed by atoms with Gasteiger partial charge in [-0.1, -0.05) is 13.3 Å². The number of nitrogens with zero attached hydrogens (tertiary/aromatic N) is 3. The van der Waals surface area contributed by atoms with Crippen molar-refractivity contribution in [1.29, 1.82) is 0 Å². The average molecular weight is 373 g/mol. The Morgan fingerprint density at radius 2 is 2.15 bits per heavy atom. The summed E-state index contributed by atoms with van der Waals surface area (Å²) < 4.78 is 29.9. The third kappa shape index (κ3) is 2.54. The summed E-state index contributed by atoms with van der Waals surface area (Å²) in [5.41, 5.74) is 2.83. The molecule has 138 valence electrons. The van der Waals surface area contributed by atoms with Crippen LogP contribution in [0.15, 0.2) is 24.8 Å². The van der Waals surface area contributed by atoms with Gasteiger partial charge in [-0.3, -0.25) is 0 Å². The van der Waals surface area contributed by atoms with E-state index in [1.165, 1.54) is 0 Å². The summed E-state index contributed by atoms with van der Waals surface area (Å²) in [5, 5.41) is 0.901. The van der Waals surface area contributed by atoms with Crippen molar-refractivity contribution in [2.75, 3.05) is 0 Å². The fourth-order valence-electron chi connectivity index (χ4n) is 4.47. The van der Waals surface area contributed by atoms with E-state index >= 15 is 0 Å². The molecule has 2 aliphatic rings. The third-order valence-corrected chi connectivity index (χ3v) is 7.96. The van der Waals surface area contributed by atoms with E-state index in [2.05, 4.69) is 31.2 Å². The van der Waals surface area contributed by atoms with E-state index < -0.39 is 10.0 Å². The summed E-state index contributed by atoms with van der Waals surface area (Å²) in [7, 11) is -3.15. The van der Waals surface area contributed by atoms with Gasteiger partial charge in [-0.2, -0.15) is 0 Å². The number of H-pyrrole nitrogens is 1. The molecule has 3 aromatic rings. The number of aromatic nitrogens is 4. The molecule has 1 unspecified atom stereocenters. The van der Waals surface area contributed by atoms with Crippen molar-refractivity contribution in [3.05, 3.63) is 24.8 Å². The van der Waals surface area contributed by atoms with Crippen LogP contribution in [-0.2, 0) is 10.0 Å². The number of fused-ring (bicyclic) bond motifs is 3. The summed E-state index contributed by atoms with van der Waals surface area (Å²) in [4.78, 5) is 12.1. The highest BCUT2D eigenvalue weighted by atomic mass is 32.2. The van der Waals surface area contributed by atoms with Crippen molar-refractivity contribution in [2.45, 2.75) is 56.4 Å². The second kappa shape index (κ2) is 5.79. The maximum absolute atomic E-state index is 12.3. The van der Waals surface area contributed by atoms with Gasteiger partial charge in [0.15, 0.2) is 0 Å².